The number of nitrogens with zero attached hydrogens (tertiary/aromatic N) is 1. The predicted octanol–water partition coefficient (Wildman–Crippen LogP) is 2.87. The molecule has 3 rings (SSSR count). The van der Waals surface area contributed by atoms with E-state index in [-0.39, 0.29) is 11.5 Å². The van der Waals surface area contributed by atoms with Gasteiger partial charge in [0, 0.05) is 23.0 Å². The summed E-state index contributed by atoms with van der Waals surface area (Å²) in [5.74, 6) is -1.83. The zero-order valence-corrected chi connectivity index (χ0v) is 15.1. The number of carbonyl (C=O) groups is 2. The van der Waals surface area contributed by atoms with Crippen molar-refractivity contribution in [2.75, 3.05) is 13.2 Å². The molecule has 28 heavy (non-hydrogen) atoms. The fourth-order valence-electron chi connectivity index (χ4n) is 3.15. The van der Waals surface area contributed by atoms with Crippen LogP contribution in [-0.4, -0.2) is 47.1 Å². The van der Waals surface area contributed by atoms with Gasteiger partial charge in [0.25, 0.3) is 5.91 Å². The maximum atomic E-state index is 12.9. The maximum Gasteiger partial charge on any atom is 0.406 e. The molecule has 1 aliphatic rings. The van der Waals surface area contributed by atoms with Crippen LogP contribution >= 0.6 is 0 Å². The first-order valence-corrected chi connectivity index (χ1v) is 8.81. The molecule has 0 saturated heterocycles. The van der Waals surface area contributed by atoms with Crippen molar-refractivity contribution >= 4 is 22.8 Å². The third kappa shape index (κ3) is 4.71. The van der Waals surface area contributed by atoms with Crippen molar-refractivity contribution in [2.24, 2.45) is 5.92 Å². The van der Waals surface area contributed by atoms with Crippen LogP contribution in [-0.2, 0) is 9.53 Å². The van der Waals surface area contributed by atoms with E-state index < -0.39 is 42.8 Å². The molecule has 0 bridgehead atoms. The van der Waals surface area contributed by atoms with E-state index in [9.17, 15) is 27.6 Å². The second-order valence-electron chi connectivity index (χ2n) is 6.88. The zero-order chi connectivity index (χ0) is 20.5. The quantitative estimate of drug-likeness (QED) is 0.762. The molecule has 0 radical (unpaired) electrons. The molecule has 1 aromatic heterocycles. The standard InChI is InChI=1S/C19H19F3N2O4/c1-11(12-6-7-12)24(10-19(20,21)22)17(26)9-28-18(27)14-8-16(25)23-15-5-3-2-4-13(14)15/h2-5,8,11-12H,6-7,9-10H2,1H3,(H,23,25)/t11-/m0/s1. The van der Waals surface area contributed by atoms with E-state index in [1.54, 1.807) is 31.2 Å². The van der Waals surface area contributed by atoms with Crippen LogP contribution in [0.3, 0.4) is 0 Å². The molecular formula is C19H19F3N2O4. The van der Waals surface area contributed by atoms with Gasteiger partial charge in [-0.05, 0) is 31.7 Å². The molecule has 1 atom stereocenters. The first kappa shape index (κ1) is 19.9. The Balaban J connectivity index is 1.74. The average molecular weight is 396 g/mol. The lowest BCUT2D eigenvalue weighted by Crippen LogP contribution is -2.47. The molecule has 1 amide bonds. The van der Waals surface area contributed by atoms with Crippen LogP contribution in [0.15, 0.2) is 35.1 Å². The monoisotopic (exact) mass is 396 g/mol. The lowest BCUT2D eigenvalue weighted by Gasteiger charge is -2.30. The number of benzene rings is 1. The Labute approximate surface area is 158 Å². The van der Waals surface area contributed by atoms with Gasteiger partial charge in [-0.3, -0.25) is 9.59 Å². The number of aromatic nitrogens is 1. The van der Waals surface area contributed by atoms with Crippen molar-refractivity contribution in [3.8, 4) is 0 Å². The number of para-hydroxylation sites is 1. The molecule has 6 nitrogen and oxygen atoms in total. The van der Waals surface area contributed by atoms with Gasteiger partial charge < -0.3 is 14.6 Å². The number of aromatic amines is 1. The molecule has 1 aliphatic carbocycles. The number of hydrogen-bond donors (Lipinski definition) is 1. The van der Waals surface area contributed by atoms with Crippen LogP contribution in [0.2, 0.25) is 0 Å². The second kappa shape index (κ2) is 7.65. The van der Waals surface area contributed by atoms with E-state index in [1.165, 1.54) is 0 Å². The Kier molecular flexibility index (Phi) is 5.44. The lowest BCUT2D eigenvalue weighted by molar-refractivity contribution is -0.167. The number of amides is 1. The minimum atomic E-state index is -4.55. The Morgan fingerprint density at radius 1 is 1.29 bits per heavy atom. The number of carbonyl (C=O) groups excluding carboxylic acids is 2. The Morgan fingerprint density at radius 3 is 2.61 bits per heavy atom. The summed E-state index contributed by atoms with van der Waals surface area (Å²) in [7, 11) is 0. The topological polar surface area (TPSA) is 79.5 Å². The highest BCUT2D eigenvalue weighted by Crippen LogP contribution is 2.36. The Morgan fingerprint density at radius 2 is 1.96 bits per heavy atom. The molecule has 0 unspecified atom stereocenters. The van der Waals surface area contributed by atoms with Crippen molar-refractivity contribution in [1.82, 2.24) is 9.88 Å². The highest BCUT2D eigenvalue weighted by molar-refractivity contribution is 6.03. The summed E-state index contributed by atoms with van der Waals surface area (Å²) in [5.41, 5.74) is -0.169. The Bertz CT molecular complexity index is 950. The Hall–Kier alpha value is -2.84. The van der Waals surface area contributed by atoms with E-state index in [2.05, 4.69) is 4.98 Å². The fourth-order valence-corrected chi connectivity index (χ4v) is 3.15. The number of rotatable bonds is 6. The van der Waals surface area contributed by atoms with Gasteiger partial charge in [-0.1, -0.05) is 18.2 Å². The van der Waals surface area contributed by atoms with Crippen LogP contribution in [0.5, 0.6) is 0 Å². The van der Waals surface area contributed by atoms with E-state index in [4.69, 9.17) is 4.74 Å². The minimum absolute atomic E-state index is 0.0265. The first-order valence-electron chi connectivity index (χ1n) is 8.81. The third-order valence-electron chi connectivity index (χ3n) is 4.76. The lowest BCUT2D eigenvalue weighted by atomic mass is 10.1. The van der Waals surface area contributed by atoms with Crippen molar-refractivity contribution in [3.63, 3.8) is 0 Å². The van der Waals surface area contributed by atoms with Crippen LogP contribution in [0.25, 0.3) is 10.9 Å². The molecule has 1 saturated carbocycles. The van der Waals surface area contributed by atoms with Gasteiger partial charge in [-0.15, -0.1) is 0 Å². The average Bonchev–Trinajstić information content (AvgIpc) is 3.47. The van der Waals surface area contributed by atoms with Gasteiger partial charge in [-0.25, -0.2) is 4.79 Å². The molecule has 1 fully saturated rings. The summed E-state index contributed by atoms with van der Waals surface area (Å²) in [6, 6.07) is 6.97. The van der Waals surface area contributed by atoms with Gasteiger partial charge >= 0.3 is 12.1 Å². The van der Waals surface area contributed by atoms with Crippen LogP contribution in [0.4, 0.5) is 13.2 Å². The number of esters is 1. The summed E-state index contributed by atoms with van der Waals surface area (Å²) < 4.78 is 43.5. The molecule has 2 aromatic rings. The second-order valence-corrected chi connectivity index (χ2v) is 6.88. The predicted molar refractivity (Wildman–Crippen MR) is 94.8 cm³/mol. The summed E-state index contributed by atoms with van der Waals surface area (Å²) in [6.07, 6.45) is -3.02. The van der Waals surface area contributed by atoms with Crippen LogP contribution < -0.4 is 5.56 Å². The van der Waals surface area contributed by atoms with E-state index in [0.717, 1.165) is 18.9 Å². The summed E-state index contributed by atoms with van der Waals surface area (Å²) in [6.45, 7) is -0.657. The maximum absolute atomic E-state index is 12.9. The van der Waals surface area contributed by atoms with Crippen LogP contribution in [0.1, 0.15) is 30.1 Å². The third-order valence-corrected chi connectivity index (χ3v) is 4.76. The highest BCUT2D eigenvalue weighted by Gasteiger charge is 2.40. The number of alkyl halides is 3. The summed E-state index contributed by atoms with van der Waals surface area (Å²) in [5, 5.41) is 0.415. The molecule has 1 N–H and O–H groups in total. The SMILES string of the molecule is C[C@@H](C1CC1)N(CC(F)(F)F)C(=O)COC(=O)c1cc(=O)[nH]c2ccccc12. The minimum Gasteiger partial charge on any atom is -0.452 e. The number of fused-ring (bicyclic) bond motifs is 1. The number of nitrogens with one attached hydrogen (secondary N) is 1. The first-order chi connectivity index (χ1) is 13.2. The highest BCUT2D eigenvalue weighted by atomic mass is 19.4. The van der Waals surface area contributed by atoms with E-state index >= 15 is 0 Å². The van der Waals surface area contributed by atoms with Gasteiger partial charge in [0.05, 0.1) is 5.56 Å². The van der Waals surface area contributed by atoms with Crippen molar-refractivity contribution < 1.29 is 27.5 Å². The molecule has 1 heterocycles. The number of hydrogen-bond acceptors (Lipinski definition) is 4. The van der Waals surface area contributed by atoms with Gasteiger partial charge in [0.2, 0.25) is 5.56 Å². The largest absolute Gasteiger partial charge is 0.452 e. The van der Waals surface area contributed by atoms with E-state index in [1.807, 2.05) is 0 Å². The number of pyridine rings is 1. The van der Waals surface area contributed by atoms with Crippen molar-refractivity contribution in [3.05, 3.63) is 46.2 Å². The smallest absolute Gasteiger partial charge is 0.406 e. The fraction of sp³-hybridized carbons (Fsp3) is 0.421. The number of halogens is 3. The molecular weight excluding hydrogens is 377 g/mol. The van der Waals surface area contributed by atoms with Gasteiger partial charge in [0.1, 0.15) is 6.54 Å². The van der Waals surface area contributed by atoms with Gasteiger partial charge in [-0.2, -0.15) is 13.2 Å². The zero-order valence-electron chi connectivity index (χ0n) is 15.1. The summed E-state index contributed by atoms with van der Waals surface area (Å²) in [4.78, 5) is 39.7. The molecule has 1 aromatic carbocycles. The summed E-state index contributed by atoms with van der Waals surface area (Å²) >= 11 is 0. The normalized spacial score (nSPS) is 15.3. The molecule has 0 spiro atoms. The van der Waals surface area contributed by atoms with Crippen molar-refractivity contribution in [2.45, 2.75) is 32.0 Å². The number of ether oxygens (including phenoxy) is 1. The van der Waals surface area contributed by atoms with Crippen molar-refractivity contribution in [1.29, 1.82) is 0 Å². The van der Waals surface area contributed by atoms with E-state index in [0.29, 0.717) is 15.8 Å². The molecule has 0 aliphatic heterocycles. The van der Waals surface area contributed by atoms with Crippen LogP contribution in [0, 0.1) is 5.92 Å². The number of H-pyrrole nitrogens is 1. The van der Waals surface area contributed by atoms with Gasteiger partial charge in [0.15, 0.2) is 6.61 Å². The molecule has 9 heteroatoms. The molecule has 150 valence electrons.